The number of nitrogens with one attached hydrogen (secondary N) is 1. The Morgan fingerprint density at radius 3 is 2.57 bits per heavy atom. The molecule has 2 atom stereocenters. The number of nitrogens with zero attached hydrogens (tertiary/aromatic N) is 1. The van der Waals surface area contributed by atoms with Crippen LogP contribution in [0.25, 0.3) is 0 Å². The summed E-state index contributed by atoms with van der Waals surface area (Å²) < 4.78 is 22.0. The van der Waals surface area contributed by atoms with Gasteiger partial charge in [-0.25, -0.2) is 0 Å². The van der Waals surface area contributed by atoms with Crippen LogP contribution < -0.4 is 14.8 Å². The molecule has 2 aliphatic rings. The van der Waals surface area contributed by atoms with Crippen LogP contribution in [0.3, 0.4) is 0 Å². The molecule has 7 nitrogen and oxygen atoms in total. The number of amides is 1. The SMILES string of the molecule is COc1ccc(C(CNC(=O)C(C)OCC2CC2)N2CCOCC2)cc1OC. The van der Waals surface area contributed by atoms with Crippen molar-refractivity contribution in [3.8, 4) is 11.5 Å². The van der Waals surface area contributed by atoms with Crippen molar-refractivity contribution in [2.24, 2.45) is 5.92 Å². The molecule has 1 saturated carbocycles. The fourth-order valence-electron chi connectivity index (χ4n) is 3.39. The van der Waals surface area contributed by atoms with E-state index in [2.05, 4.69) is 10.2 Å². The molecular weight excluding hydrogens is 360 g/mol. The summed E-state index contributed by atoms with van der Waals surface area (Å²) in [5.41, 5.74) is 1.08. The number of carbonyl (C=O) groups excluding carboxylic acids is 1. The van der Waals surface area contributed by atoms with Gasteiger partial charge in [0.05, 0.1) is 40.1 Å². The van der Waals surface area contributed by atoms with E-state index in [0.717, 1.165) is 18.7 Å². The number of hydrogen-bond acceptors (Lipinski definition) is 6. The molecule has 3 rings (SSSR count). The van der Waals surface area contributed by atoms with Gasteiger partial charge in [-0.3, -0.25) is 9.69 Å². The van der Waals surface area contributed by atoms with E-state index in [1.54, 1.807) is 14.2 Å². The third-order valence-corrected chi connectivity index (χ3v) is 5.40. The second-order valence-corrected chi connectivity index (χ2v) is 7.44. The van der Waals surface area contributed by atoms with E-state index in [0.29, 0.717) is 43.8 Å². The number of benzene rings is 1. The van der Waals surface area contributed by atoms with Gasteiger partial charge in [0.1, 0.15) is 6.10 Å². The molecule has 1 aliphatic heterocycles. The van der Waals surface area contributed by atoms with E-state index < -0.39 is 6.10 Å². The monoisotopic (exact) mass is 392 g/mol. The zero-order valence-corrected chi connectivity index (χ0v) is 17.1. The van der Waals surface area contributed by atoms with Crippen LogP contribution in [0.5, 0.6) is 11.5 Å². The number of rotatable bonds is 10. The summed E-state index contributed by atoms with van der Waals surface area (Å²) in [6, 6.07) is 5.95. The van der Waals surface area contributed by atoms with Gasteiger partial charge in [0.15, 0.2) is 11.5 Å². The highest BCUT2D eigenvalue weighted by Crippen LogP contribution is 2.32. The number of hydrogen-bond donors (Lipinski definition) is 1. The van der Waals surface area contributed by atoms with Crippen LogP contribution in [0.1, 0.15) is 31.4 Å². The van der Waals surface area contributed by atoms with Gasteiger partial charge >= 0.3 is 0 Å². The first-order valence-electron chi connectivity index (χ1n) is 10.1. The molecule has 0 bridgehead atoms. The highest BCUT2D eigenvalue weighted by Gasteiger charge is 2.27. The summed E-state index contributed by atoms with van der Waals surface area (Å²) in [5.74, 6) is 1.95. The van der Waals surface area contributed by atoms with Crippen molar-refractivity contribution in [1.82, 2.24) is 10.2 Å². The van der Waals surface area contributed by atoms with Gasteiger partial charge in [-0.2, -0.15) is 0 Å². The van der Waals surface area contributed by atoms with E-state index in [1.807, 2.05) is 25.1 Å². The van der Waals surface area contributed by atoms with Crippen LogP contribution in [0.4, 0.5) is 0 Å². The van der Waals surface area contributed by atoms with Crippen molar-refractivity contribution in [2.75, 3.05) is 53.7 Å². The van der Waals surface area contributed by atoms with Crippen LogP contribution in [0.15, 0.2) is 18.2 Å². The van der Waals surface area contributed by atoms with Crippen LogP contribution in [0.2, 0.25) is 0 Å². The molecule has 1 aromatic carbocycles. The van der Waals surface area contributed by atoms with Gasteiger partial charge in [-0.05, 0) is 43.4 Å². The normalized spacial score (nSPS) is 19.7. The number of morpholine rings is 1. The first-order chi connectivity index (χ1) is 13.6. The lowest BCUT2D eigenvalue weighted by molar-refractivity contribution is -0.132. The molecule has 0 radical (unpaired) electrons. The molecule has 156 valence electrons. The lowest BCUT2D eigenvalue weighted by atomic mass is 10.0. The van der Waals surface area contributed by atoms with Gasteiger partial charge in [-0.1, -0.05) is 6.07 Å². The molecule has 1 N–H and O–H groups in total. The maximum atomic E-state index is 12.5. The molecule has 1 amide bonds. The topological polar surface area (TPSA) is 69.3 Å². The average molecular weight is 392 g/mol. The quantitative estimate of drug-likeness (QED) is 0.657. The zero-order chi connectivity index (χ0) is 19.9. The molecular formula is C21H32N2O5. The molecule has 1 aliphatic carbocycles. The minimum Gasteiger partial charge on any atom is -0.493 e. The fraction of sp³-hybridized carbons (Fsp3) is 0.667. The van der Waals surface area contributed by atoms with Gasteiger partial charge in [-0.15, -0.1) is 0 Å². The Morgan fingerprint density at radius 2 is 1.93 bits per heavy atom. The van der Waals surface area contributed by atoms with Crippen LogP contribution in [0, 0.1) is 5.92 Å². The summed E-state index contributed by atoms with van der Waals surface area (Å²) in [7, 11) is 3.26. The summed E-state index contributed by atoms with van der Waals surface area (Å²) >= 11 is 0. The van der Waals surface area contributed by atoms with Crippen molar-refractivity contribution < 1.29 is 23.7 Å². The standard InChI is InChI=1S/C21H32N2O5/c1-15(28-14-16-4-5-16)21(24)22-13-18(23-8-10-27-11-9-23)17-6-7-19(25-2)20(12-17)26-3/h6-7,12,15-16,18H,4-5,8-11,13-14H2,1-3H3,(H,22,24). The Hall–Kier alpha value is -1.83. The van der Waals surface area contributed by atoms with Crippen molar-refractivity contribution in [3.63, 3.8) is 0 Å². The van der Waals surface area contributed by atoms with Crippen molar-refractivity contribution in [2.45, 2.75) is 31.9 Å². The van der Waals surface area contributed by atoms with Crippen LogP contribution in [-0.2, 0) is 14.3 Å². The van der Waals surface area contributed by atoms with Gasteiger partial charge in [0.25, 0.3) is 0 Å². The maximum absolute atomic E-state index is 12.5. The Balaban J connectivity index is 1.67. The third-order valence-electron chi connectivity index (χ3n) is 5.40. The van der Waals surface area contributed by atoms with Crippen molar-refractivity contribution in [1.29, 1.82) is 0 Å². The Morgan fingerprint density at radius 1 is 1.21 bits per heavy atom. The van der Waals surface area contributed by atoms with E-state index in [-0.39, 0.29) is 11.9 Å². The van der Waals surface area contributed by atoms with Crippen LogP contribution >= 0.6 is 0 Å². The van der Waals surface area contributed by atoms with Crippen molar-refractivity contribution >= 4 is 5.91 Å². The number of methoxy groups -OCH3 is 2. The molecule has 0 spiro atoms. The summed E-state index contributed by atoms with van der Waals surface area (Å²) in [5, 5.41) is 3.07. The Kier molecular flexibility index (Phi) is 7.53. The third kappa shape index (κ3) is 5.59. The number of carbonyl (C=O) groups is 1. The smallest absolute Gasteiger partial charge is 0.248 e. The summed E-state index contributed by atoms with van der Waals surface area (Å²) in [6.07, 6.45) is 2.00. The van der Waals surface area contributed by atoms with Crippen molar-refractivity contribution in [3.05, 3.63) is 23.8 Å². The Bertz CT molecular complexity index is 644. The van der Waals surface area contributed by atoms with E-state index in [4.69, 9.17) is 18.9 Å². The maximum Gasteiger partial charge on any atom is 0.248 e. The predicted octanol–water partition coefficient (Wildman–Crippen LogP) is 2.01. The lowest BCUT2D eigenvalue weighted by Gasteiger charge is -2.35. The highest BCUT2D eigenvalue weighted by atomic mass is 16.5. The lowest BCUT2D eigenvalue weighted by Crippen LogP contribution is -2.45. The zero-order valence-electron chi connectivity index (χ0n) is 17.1. The first-order valence-corrected chi connectivity index (χ1v) is 10.1. The molecule has 2 fully saturated rings. The first kappa shape index (κ1) is 20.9. The molecule has 28 heavy (non-hydrogen) atoms. The summed E-state index contributed by atoms with van der Waals surface area (Å²) in [6.45, 7) is 6.03. The van der Waals surface area contributed by atoms with E-state index in [9.17, 15) is 4.79 Å². The van der Waals surface area contributed by atoms with E-state index in [1.165, 1.54) is 12.8 Å². The second kappa shape index (κ2) is 10.1. The van der Waals surface area contributed by atoms with Gasteiger partial charge in [0.2, 0.25) is 5.91 Å². The highest BCUT2D eigenvalue weighted by molar-refractivity contribution is 5.80. The average Bonchev–Trinajstić information content (AvgIpc) is 3.57. The minimum atomic E-state index is -0.434. The molecule has 1 heterocycles. The fourth-order valence-corrected chi connectivity index (χ4v) is 3.39. The molecule has 1 saturated heterocycles. The molecule has 1 aromatic rings. The minimum absolute atomic E-state index is 0.0308. The van der Waals surface area contributed by atoms with E-state index >= 15 is 0 Å². The molecule has 2 unspecified atom stereocenters. The molecule has 0 aromatic heterocycles. The summed E-state index contributed by atoms with van der Waals surface area (Å²) in [4.78, 5) is 14.8. The molecule has 7 heteroatoms. The number of ether oxygens (including phenoxy) is 4. The largest absolute Gasteiger partial charge is 0.493 e. The predicted molar refractivity (Wildman–Crippen MR) is 106 cm³/mol. The van der Waals surface area contributed by atoms with Crippen LogP contribution in [-0.4, -0.2) is 70.6 Å². The second-order valence-electron chi connectivity index (χ2n) is 7.44. The van der Waals surface area contributed by atoms with Gasteiger partial charge in [0, 0.05) is 19.6 Å². The Labute approximate surface area is 167 Å². The van der Waals surface area contributed by atoms with Gasteiger partial charge < -0.3 is 24.3 Å².